The third-order valence-electron chi connectivity index (χ3n) is 2.20. The number of non-ortho nitro benzene ring substituents is 1. The summed E-state index contributed by atoms with van der Waals surface area (Å²) in [6.07, 6.45) is 0. The Hall–Kier alpha value is -2.00. The van der Waals surface area contributed by atoms with E-state index in [0.717, 1.165) is 22.5 Å². The van der Waals surface area contributed by atoms with Crippen molar-refractivity contribution >= 4 is 21.6 Å². The summed E-state index contributed by atoms with van der Waals surface area (Å²) >= 11 is 0. The molecule has 0 atom stereocenters. The molecule has 18 heavy (non-hydrogen) atoms. The van der Waals surface area contributed by atoms with E-state index in [0.29, 0.717) is 0 Å². The average Bonchev–Trinajstić information content (AvgIpc) is 2.27. The maximum atomic E-state index is 11.9. The van der Waals surface area contributed by atoms with Crippen LogP contribution >= 0.6 is 0 Å². The molecule has 0 aliphatic carbocycles. The molecule has 1 rings (SSSR count). The van der Waals surface area contributed by atoms with E-state index in [1.54, 1.807) is 0 Å². The van der Waals surface area contributed by atoms with Crippen molar-refractivity contribution in [3.05, 3.63) is 33.9 Å². The molecule has 98 valence electrons. The number of carbonyl (C=O) groups is 1. The van der Waals surface area contributed by atoms with Gasteiger partial charge in [-0.05, 0) is 6.07 Å². The number of carbonyl (C=O) groups excluding carboxylic acids is 1. The zero-order chi connectivity index (χ0) is 14.1. The van der Waals surface area contributed by atoms with Crippen LogP contribution in [0.1, 0.15) is 10.4 Å². The van der Waals surface area contributed by atoms with E-state index in [1.807, 2.05) is 0 Å². The fourth-order valence-corrected chi connectivity index (χ4v) is 2.35. The summed E-state index contributed by atoms with van der Waals surface area (Å²) in [6.45, 7) is 0. The van der Waals surface area contributed by atoms with Crippen molar-refractivity contribution in [1.82, 2.24) is 4.31 Å². The molecule has 0 radical (unpaired) electrons. The first kappa shape index (κ1) is 14.1. The maximum Gasteiger partial charge on any atom is 0.270 e. The van der Waals surface area contributed by atoms with Gasteiger partial charge in [-0.1, -0.05) is 0 Å². The summed E-state index contributed by atoms with van der Waals surface area (Å²) in [5.74, 6) is -0.967. The highest BCUT2D eigenvalue weighted by atomic mass is 32.2. The standard InChI is InChI=1S/C9H11N3O5S/c1-11(2)18(16,17)8-5-6(12(14)15)3-4-7(8)9(10)13/h3-5H,1-2H3,(H2,10,13). The molecule has 0 aromatic heterocycles. The second-order valence-electron chi connectivity index (χ2n) is 3.59. The maximum absolute atomic E-state index is 11.9. The molecule has 0 fully saturated rings. The number of benzene rings is 1. The first-order valence-corrected chi connectivity index (χ1v) is 6.12. The third-order valence-corrected chi connectivity index (χ3v) is 4.06. The van der Waals surface area contributed by atoms with Crippen LogP contribution in [0.3, 0.4) is 0 Å². The molecule has 9 heteroatoms. The number of nitrogens with zero attached hydrogens (tertiary/aromatic N) is 2. The number of hydrogen-bond donors (Lipinski definition) is 1. The fraction of sp³-hybridized carbons (Fsp3) is 0.222. The summed E-state index contributed by atoms with van der Waals surface area (Å²) in [7, 11) is -1.48. The number of sulfonamides is 1. The van der Waals surface area contributed by atoms with Crippen molar-refractivity contribution in [2.45, 2.75) is 4.90 Å². The van der Waals surface area contributed by atoms with Crippen LogP contribution in [-0.2, 0) is 10.0 Å². The number of rotatable bonds is 4. The van der Waals surface area contributed by atoms with E-state index >= 15 is 0 Å². The van der Waals surface area contributed by atoms with E-state index in [-0.39, 0.29) is 5.56 Å². The summed E-state index contributed by atoms with van der Waals surface area (Å²) in [5, 5.41) is 10.6. The van der Waals surface area contributed by atoms with Gasteiger partial charge in [-0.25, -0.2) is 12.7 Å². The van der Waals surface area contributed by atoms with E-state index in [4.69, 9.17) is 5.73 Å². The van der Waals surface area contributed by atoms with Gasteiger partial charge in [0.15, 0.2) is 0 Å². The molecule has 8 nitrogen and oxygen atoms in total. The molecular weight excluding hydrogens is 262 g/mol. The molecule has 1 amide bonds. The number of amides is 1. The number of hydrogen-bond acceptors (Lipinski definition) is 5. The van der Waals surface area contributed by atoms with Gasteiger partial charge in [0.2, 0.25) is 15.9 Å². The molecule has 0 spiro atoms. The molecule has 1 aromatic carbocycles. The second kappa shape index (κ2) is 4.70. The first-order valence-electron chi connectivity index (χ1n) is 4.68. The highest BCUT2D eigenvalue weighted by Crippen LogP contribution is 2.23. The van der Waals surface area contributed by atoms with Crippen molar-refractivity contribution in [3.8, 4) is 0 Å². The number of nitrogens with two attached hydrogens (primary N) is 1. The Morgan fingerprint density at radius 3 is 2.33 bits per heavy atom. The fourth-order valence-electron chi connectivity index (χ4n) is 1.24. The minimum Gasteiger partial charge on any atom is -0.366 e. The predicted octanol–water partition coefficient (Wildman–Crippen LogP) is -0.0560. The van der Waals surface area contributed by atoms with E-state index < -0.39 is 31.4 Å². The van der Waals surface area contributed by atoms with Crippen molar-refractivity contribution < 1.29 is 18.1 Å². The van der Waals surface area contributed by atoms with Crippen LogP contribution in [0.25, 0.3) is 0 Å². The Balaban J connectivity index is 3.62. The summed E-state index contributed by atoms with van der Waals surface area (Å²) < 4.78 is 24.7. The molecule has 0 aliphatic rings. The Bertz CT molecular complexity index is 609. The number of primary amides is 1. The Morgan fingerprint density at radius 2 is 1.94 bits per heavy atom. The van der Waals surface area contributed by atoms with Gasteiger partial charge < -0.3 is 5.73 Å². The van der Waals surface area contributed by atoms with Gasteiger partial charge in [0.25, 0.3) is 5.69 Å². The lowest BCUT2D eigenvalue weighted by molar-refractivity contribution is -0.385. The lowest BCUT2D eigenvalue weighted by Crippen LogP contribution is -2.26. The SMILES string of the molecule is CN(C)S(=O)(=O)c1cc([N+](=O)[O-])ccc1C(N)=O. The van der Waals surface area contributed by atoms with Crippen molar-refractivity contribution in [1.29, 1.82) is 0 Å². The smallest absolute Gasteiger partial charge is 0.270 e. The van der Waals surface area contributed by atoms with E-state index in [1.165, 1.54) is 14.1 Å². The van der Waals surface area contributed by atoms with Crippen LogP contribution in [0.2, 0.25) is 0 Å². The van der Waals surface area contributed by atoms with Crippen LogP contribution < -0.4 is 5.73 Å². The summed E-state index contributed by atoms with van der Waals surface area (Å²) in [5.41, 5.74) is 4.33. The summed E-state index contributed by atoms with van der Waals surface area (Å²) in [4.78, 5) is 20.5. The van der Waals surface area contributed by atoms with Gasteiger partial charge in [0.05, 0.1) is 10.5 Å². The Kier molecular flexibility index (Phi) is 3.67. The average molecular weight is 273 g/mol. The van der Waals surface area contributed by atoms with Crippen LogP contribution in [0.15, 0.2) is 23.1 Å². The number of nitro groups is 1. The molecule has 0 unspecified atom stereocenters. The second-order valence-corrected chi connectivity index (χ2v) is 5.71. The third kappa shape index (κ3) is 2.46. The van der Waals surface area contributed by atoms with Gasteiger partial charge in [0, 0.05) is 26.2 Å². The molecular formula is C9H11N3O5S. The Morgan fingerprint density at radius 1 is 1.39 bits per heavy atom. The minimum atomic E-state index is -3.98. The largest absolute Gasteiger partial charge is 0.366 e. The summed E-state index contributed by atoms with van der Waals surface area (Å²) in [6, 6.07) is 2.86. The normalized spacial score (nSPS) is 11.5. The lowest BCUT2D eigenvalue weighted by Gasteiger charge is -2.13. The number of nitro benzene ring substituents is 1. The molecule has 0 heterocycles. The molecule has 2 N–H and O–H groups in total. The van der Waals surface area contributed by atoms with Gasteiger partial charge in [-0.15, -0.1) is 0 Å². The van der Waals surface area contributed by atoms with Gasteiger partial charge in [-0.3, -0.25) is 14.9 Å². The van der Waals surface area contributed by atoms with Crippen LogP contribution in [0.5, 0.6) is 0 Å². The first-order chi connectivity index (χ1) is 8.17. The van der Waals surface area contributed by atoms with Crippen LogP contribution in [-0.4, -0.2) is 37.6 Å². The van der Waals surface area contributed by atoms with Crippen LogP contribution in [0, 0.1) is 10.1 Å². The predicted molar refractivity (Wildman–Crippen MR) is 62.5 cm³/mol. The van der Waals surface area contributed by atoms with Crippen molar-refractivity contribution in [3.63, 3.8) is 0 Å². The van der Waals surface area contributed by atoms with E-state index in [2.05, 4.69) is 0 Å². The molecule has 0 bridgehead atoms. The quantitative estimate of drug-likeness (QED) is 0.608. The van der Waals surface area contributed by atoms with Crippen molar-refractivity contribution in [2.75, 3.05) is 14.1 Å². The lowest BCUT2D eigenvalue weighted by atomic mass is 10.2. The highest BCUT2D eigenvalue weighted by molar-refractivity contribution is 7.89. The van der Waals surface area contributed by atoms with Crippen molar-refractivity contribution in [2.24, 2.45) is 5.73 Å². The van der Waals surface area contributed by atoms with Gasteiger partial charge >= 0.3 is 0 Å². The van der Waals surface area contributed by atoms with Crippen LogP contribution in [0.4, 0.5) is 5.69 Å². The topological polar surface area (TPSA) is 124 Å². The highest BCUT2D eigenvalue weighted by Gasteiger charge is 2.26. The van der Waals surface area contributed by atoms with E-state index in [9.17, 15) is 23.3 Å². The molecule has 1 aromatic rings. The minimum absolute atomic E-state index is 0.283. The zero-order valence-corrected chi connectivity index (χ0v) is 10.5. The molecule has 0 saturated heterocycles. The monoisotopic (exact) mass is 273 g/mol. The Labute approximate surface area is 103 Å². The zero-order valence-electron chi connectivity index (χ0n) is 9.65. The van der Waals surface area contributed by atoms with Gasteiger partial charge in [-0.2, -0.15) is 0 Å². The van der Waals surface area contributed by atoms with Gasteiger partial charge in [0.1, 0.15) is 4.90 Å². The molecule has 0 saturated carbocycles. The molecule has 0 aliphatic heterocycles.